The Labute approximate surface area is 39.5 Å². The van der Waals surface area contributed by atoms with Gasteiger partial charge in [0, 0.05) is 7.11 Å². The summed E-state index contributed by atoms with van der Waals surface area (Å²) in [5.41, 5.74) is 0. The van der Waals surface area contributed by atoms with Crippen molar-refractivity contribution >= 4 is 9.04 Å². The average molecular weight is 106 g/mol. The molecule has 0 aliphatic carbocycles. The lowest BCUT2D eigenvalue weighted by atomic mass is 11.7. The fraction of sp³-hybridized carbons (Fsp3) is 1.00. The van der Waals surface area contributed by atoms with Crippen LogP contribution in [0.5, 0.6) is 0 Å². The molecule has 0 aromatic heterocycles. The molecule has 0 aromatic carbocycles. The molecule has 0 fully saturated rings. The van der Waals surface area contributed by atoms with Crippen LogP contribution in [0, 0.1) is 0 Å². The molecular formula is C3H10O2Si. The van der Waals surface area contributed by atoms with Gasteiger partial charge < -0.3 is 9.53 Å². The van der Waals surface area contributed by atoms with Crippen molar-refractivity contribution in [3.8, 4) is 0 Å². The van der Waals surface area contributed by atoms with E-state index in [2.05, 4.69) is 0 Å². The molecule has 0 rings (SSSR count). The summed E-state index contributed by atoms with van der Waals surface area (Å²) in [5.74, 6) is 0. The van der Waals surface area contributed by atoms with Gasteiger partial charge >= 0.3 is 0 Å². The molecule has 0 aromatic rings. The van der Waals surface area contributed by atoms with Crippen molar-refractivity contribution in [3.05, 3.63) is 0 Å². The molecule has 1 N–H and O–H groups in total. The Morgan fingerprint density at radius 3 is 2.33 bits per heavy atom. The van der Waals surface area contributed by atoms with Crippen molar-refractivity contribution in [2.24, 2.45) is 0 Å². The van der Waals surface area contributed by atoms with Crippen molar-refractivity contribution in [2.45, 2.75) is 6.55 Å². The zero-order valence-corrected chi connectivity index (χ0v) is 5.29. The Morgan fingerprint density at radius 1 is 1.83 bits per heavy atom. The van der Waals surface area contributed by atoms with Crippen LogP contribution in [0.2, 0.25) is 6.55 Å². The minimum absolute atomic E-state index is 0.247. The molecule has 3 heteroatoms. The van der Waals surface area contributed by atoms with Crippen LogP contribution in [0.1, 0.15) is 0 Å². The molecule has 0 aliphatic rings. The second kappa shape index (κ2) is 3.33. The van der Waals surface area contributed by atoms with E-state index >= 15 is 0 Å². The SMILES string of the molecule is CO[SiH](C)CO. The zero-order chi connectivity index (χ0) is 4.99. The lowest BCUT2D eigenvalue weighted by Gasteiger charge is -1.98. The summed E-state index contributed by atoms with van der Waals surface area (Å²) >= 11 is 0. The Kier molecular flexibility index (Phi) is 3.41. The van der Waals surface area contributed by atoms with Crippen molar-refractivity contribution in [2.75, 3.05) is 13.3 Å². The Balaban J connectivity index is 2.75. The van der Waals surface area contributed by atoms with E-state index in [1.807, 2.05) is 6.55 Å². The summed E-state index contributed by atoms with van der Waals surface area (Å²) in [6.45, 7) is 1.94. The molecule has 0 radical (unpaired) electrons. The van der Waals surface area contributed by atoms with E-state index in [0.717, 1.165) is 0 Å². The molecule has 0 heterocycles. The standard InChI is InChI=1S/C3H10O2Si/c1-5-6(2)3-4/h4,6H,3H2,1-2H3. The summed E-state index contributed by atoms with van der Waals surface area (Å²) in [4.78, 5) is 0. The van der Waals surface area contributed by atoms with E-state index in [-0.39, 0.29) is 6.23 Å². The molecule has 0 amide bonds. The first-order valence-corrected chi connectivity index (χ1v) is 4.39. The monoisotopic (exact) mass is 106 g/mol. The third-order valence-electron chi connectivity index (χ3n) is 0.659. The Hall–Kier alpha value is 0.137. The Bertz CT molecular complexity index is 28.0. The minimum atomic E-state index is -1.10. The van der Waals surface area contributed by atoms with Gasteiger partial charge in [0.1, 0.15) is 0 Å². The topological polar surface area (TPSA) is 29.5 Å². The molecule has 0 saturated carbocycles. The van der Waals surface area contributed by atoms with E-state index < -0.39 is 9.04 Å². The van der Waals surface area contributed by atoms with E-state index in [9.17, 15) is 0 Å². The van der Waals surface area contributed by atoms with Crippen molar-refractivity contribution < 1.29 is 9.53 Å². The number of hydrogen-bond donors (Lipinski definition) is 1. The second-order valence-electron chi connectivity index (χ2n) is 1.23. The number of hydrogen-bond acceptors (Lipinski definition) is 2. The highest BCUT2D eigenvalue weighted by molar-refractivity contribution is 6.49. The van der Waals surface area contributed by atoms with Crippen LogP contribution < -0.4 is 0 Å². The maximum Gasteiger partial charge on any atom is 0.198 e. The lowest BCUT2D eigenvalue weighted by Crippen LogP contribution is -2.15. The highest BCUT2D eigenvalue weighted by Crippen LogP contribution is 1.74. The predicted octanol–water partition coefficient (Wildman–Crippen LogP) is -0.482. The third kappa shape index (κ3) is 2.38. The van der Waals surface area contributed by atoms with Gasteiger partial charge in [-0.15, -0.1) is 0 Å². The fourth-order valence-electron chi connectivity index (χ4n) is 0.0745. The third-order valence-corrected chi connectivity index (χ3v) is 1.98. The van der Waals surface area contributed by atoms with Gasteiger partial charge in [-0.05, 0) is 6.55 Å². The summed E-state index contributed by atoms with van der Waals surface area (Å²) in [5, 5.41) is 8.27. The van der Waals surface area contributed by atoms with Crippen LogP contribution in [0.3, 0.4) is 0 Å². The first-order valence-electron chi connectivity index (χ1n) is 1.95. The largest absolute Gasteiger partial charge is 0.421 e. The van der Waals surface area contributed by atoms with E-state index in [4.69, 9.17) is 9.53 Å². The van der Waals surface area contributed by atoms with Gasteiger partial charge in [-0.25, -0.2) is 0 Å². The van der Waals surface area contributed by atoms with Crippen LogP contribution >= 0.6 is 0 Å². The smallest absolute Gasteiger partial charge is 0.198 e. The summed E-state index contributed by atoms with van der Waals surface area (Å²) < 4.78 is 4.79. The molecule has 38 valence electrons. The molecule has 1 atom stereocenters. The highest BCUT2D eigenvalue weighted by atomic mass is 28.3. The molecule has 0 saturated heterocycles. The van der Waals surface area contributed by atoms with Crippen LogP contribution in [0.4, 0.5) is 0 Å². The first-order chi connectivity index (χ1) is 2.81. The molecule has 0 aliphatic heterocycles. The maximum atomic E-state index is 8.27. The lowest BCUT2D eigenvalue weighted by molar-refractivity contribution is 0.319. The Morgan fingerprint density at radius 2 is 2.33 bits per heavy atom. The van der Waals surface area contributed by atoms with Crippen molar-refractivity contribution in [1.82, 2.24) is 0 Å². The van der Waals surface area contributed by atoms with Gasteiger partial charge in [0.25, 0.3) is 0 Å². The summed E-state index contributed by atoms with van der Waals surface area (Å²) in [6, 6.07) is 0. The quantitative estimate of drug-likeness (QED) is 0.482. The maximum absolute atomic E-state index is 8.27. The second-order valence-corrected chi connectivity index (χ2v) is 3.69. The highest BCUT2D eigenvalue weighted by Gasteiger charge is 1.94. The molecular weight excluding hydrogens is 96.1 g/mol. The zero-order valence-electron chi connectivity index (χ0n) is 4.14. The first kappa shape index (κ1) is 6.14. The van der Waals surface area contributed by atoms with E-state index in [0.29, 0.717) is 0 Å². The van der Waals surface area contributed by atoms with Gasteiger partial charge in [0.2, 0.25) is 0 Å². The summed E-state index contributed by atoms with van der Waals surface area (Å²) in [6.07, 6.45) is 0.247. The molecule has 0 bridgehead atoms. The molecule has 6 heavy (non-hydrogen) atoms. The van der Waals surface area contributed by atoms with Gasteiger partial charge in [-0.2, -0.15) is 0 Å². The minimum Gasteiger partial charge on any atom is -0.421 e. The van der Waals surface area contributed by atoms with E-state index in [1.54, 1.807) is 7.11 Å². The normalized spacial score (nSPS) is 14.5. The molecule has 0 spiro atoms. The number of aliphatic hydroxyl groups excluding tert-OH is 1. The van der Waals surface area contributed by atoms with Gasteiger partial charge in [0.05, 0.1) is 6.23 Å². The molecule has 1 unspecified atom stereocenters. The summed E-state index contributed by atoms with van der Waals surface area (Å²) in [7, 11) is 0.527. The van der Waals surface area contributed by atoms with Gasteiger partial charge in [0.15, 0.2) is 9.04 Å². The number of aliphatic hydroxyl groups is 1. The van der Waals surface area contributed by atoms with Gasteiger partial charge in [-0.3, -0.25) is 0 Å². The van der Waals surface area contributed by atoms with Crippen LogP contribution in [0.25, 0.3) is 0 Å². The van der Waals surface area contributed by atoms with Crippen molar-refractivity contribution in [1.29, 1.82) is 0 Å². The molecule has 2 nitrogen and oxygen atoms in total. The fourth-order valence-corrected chi connectivity index (χ4v) is 0.224. The van der Waals surface area contributed by atoms with Gasteiger partial charge in [-0.1, -0.05) is 0 Å². The van der Waals surface area contributed by atoms with Crippen LogP contribution in [-0.4, -0.2) is 27.5 Å². The van der Waals surface area contributed by atoms with Crippen molar-refractivity contribution in [3.63, 3.8) is 0 Å². The van der Waals surface area contributed by atoms with Crippen LogP contribution in [0.15, 0.2) is 0 Å². The average Bonchev–Trinajstić information content (AvgIpc) is 1.65. The van der Waals surface area contributed by atoms with Crippen LogP contribution in [-0.2, 0) is 4.43 Å². The van der Waals surface area contributed by atoms with E-state index in [1.165, 1.54) is 0 Å². The predicted molar refractivity (Wildman–Crippen MR) is 27.1 cm³/mol. The number of rotatable bonds is 2.